The van der Waals surface area contributed by atoms with Gasteiger partial charge in [0.15, 0.2) is 11.6 Å². The number of aromatic amines is 1. The number of thioether (sulfide) groups is 1. The fourth-order valence-corrected chi connectivity index (χ4v) is 3.64. The van der Waals surface area contributed by atoms with Gasteiger partial charge in [0, 0.05) is 5.56 Å². The molecule has 6 heteroatoms. The molecule has 0 spiro atoms. The van der Waals surface area contributed by atoms with E-state index in [4.69, 9.17) is 0 Å². The second-order valence-corrected chi connectivity index (χ2v) is 7.37. The van der Waals surface area contributed by atoms with Crippen molar-refractivity contribution in [1.82, 2.24) is 15.2 Å². The first-order valence-corrected chi connectivity index (χ1v) is 9.19. The molecule has 0 aliphatic heterocycles. The molecule has 3 aromatic rings. The van der Waals surface area contributed by atoms with Gasteiger partial charge in [-0.3, -0.25) is 9.89 Å². The number of aromatic nitrogens is 3. The van der Waals surface area contributed by atoms with Crippen molar-refractivity contribution in [3.63, 3.8) is 0 Å². The second-order valence-electron chi connectivity index (χ2n) is 5.12. The van der Waals surface area contributed by atoms with E-state index in [1.807, 2.05) is 48.7 Å². The first-order valence-electron chi connectivity index (χ1n) is 7.43. The van der Waals surface area contributed by atoms with Crippen molar-refractivity contribution in [3.8, 4) is 10.7 Å². The predicted octanol–water partition coefficient (Wildman–Crippen LogP) is 4.46. The van der Waals surface area contributed by atoms with Crippen LogP contribution in [-0.4, -0.2) is 26.2 Å². The van der Waals surface area contributed by atoms with Crippen LogP contribution in [0.4, 0.5) is 0 Å². The maximum absolute atomic E-state index is 12.5. The van der Waals surface area contributed by atoms with Gasteiger partial charge in [0.1, 0.15) is 0 Å². The van der Waals surface area contributed by atoms with Crippen LogP contribution >= 0.6 is 23.1 Å². The monoisotopic (exact) mass is 343 g/mol. The highest BCUT2D eigenvalue weighted by Crippen LogP contribution is 2.26. The molecule has 2 heterocycles. The summed E-state index contributed by atoms with van der Waals surface area (Å²) in [5, 5.41) is 9.49. The molecule has 0 aliphatic rings. The lowest BCUT2D eigenvalue weighted by molar-refractivity contribution is 0.0994. The van der Waals surface area contributed by atoms with Gasteiger partial charge >= 0.3 is 0 Å². The number of nitrogens with one attached hydrogen (secondary N) is 1. The number of thiophene rings is 1. The van der Waals surface area contributed by atoms with E-state index in [0.29, 0.717) is 5.16 Å². The Balaban J connectivity index is 1.68. The van der Waals surface area contributed by atoms with E-state index in [1.54, 1.807) is 11.3 Å². The Bertz CT molecular complexity index is 779. The number of ketones is 1. The van der Waals surface area contributed by atoms with Crippen molar-refractivity contribution in [2.45, 2.75) is 30.7 Å². The van der Waals surface area contributed by atoms with Crippen molar-refractivity contribution in [3.05, 3.63) is 52.9 Å². The van der Waals surface area contributed by atoms with Gasteiger partial charge in [-0.05, 0) is 30.4 Å². The van der Waals surface area contributed by atoms with Gasteiger partial charge in [-0.25, -0.2) is 4.98 Å². The minimum Gasteiger partial charge on any atom is -0.293 e. The molecular weight excluding hydrogens is 326 g/mol. The van der Waals surface area contributed by atoms with Gasteiger partial charge in [-0.2, -0.15) is 0 Å². The largest absolute Gasteiger partial charge is 0.293 e. The van der Waals surface area contributed by atoms with Gasteiger partial charge in [-0.15, -0.1) is 16.4 Å². The van der Waals surface area contributed by atoms with Gasteiger partial charge in [-0.1, -0.05) is 49.0 Å². The summed E-state index contributed by atoms with van der Waals surface area (Å²) in [7, 11) is 0. The van der Waals surface area contributed by atoms with Crippen molar-refractivity contribution >= 4 is 28.9 Å². The summed E-state index contributed by atoms with van der Waals surface area (Å²) in [6.45, 7) is 3.99. The number of hydrogen-bond acceptors (Lipinski definition) is 5. The smallest absolute Gasteiger partial charge is 0.209 e. The Morgan fingerprint density at radius 3 is 2.74 bits per heavy atom. The van der Waals surface area contributed by atoms with E-state index in [0.717, 1.165) is 22.7 Å². The Morgan fingerprint density at radius 1 is 1.30 bits per heavy atom. The molecule has 118 valence electrons. The van der Waals surface area contributed by atoms with Crippen LogP contribution in [0.3, 0.4) is 0 Å². The van der Waals surface area contributed by atoms with Gasteiger partial charge in [0.2, 0.25) is 5.16 Å². The molecule has 0 saturated heterocycles. The first-order chi connectivity index (χ1) is 11.2. The van der Waals surface area contributed by atoms with Crippen LogP contribution in [0.1, 0.15) is 29.8 Å². The third-order valence-electron chi connectivity index (χ3n) is 3.52. The van der Waals surface area contributed by atoms with E-state index >= 15 is 0 Å². The van der Waals surface area contributed by atoms with Crippen LogP contribution in [-0.2, 0) is 6.42 Å². The molecule has 0 amide bonds. The summed E-state index contributed by atoms with van der Waals surface area (Å²) in [6.07, 6.45) is 0.974. The maximum Gasteiger partial charge on any atom is 0.209 e. The Kier molecular flexibility index (Phi) is 4.93. The van der Waals surface area contributed by atoms with Crippen molar-refractivity contribution in [2.24, 2.45) is 0 Å². The second kappa shape index (κ2) is 7.10. The molecule has 23 heavy (non-hydrogen) atoms. The van der Waals surface area contributed by atoms with E-state index in [2.05, 4.69) is 22.1 Å². The lowest BCUT2D eigenvalue weighted by Gasteiger charge is -2.08. The number of H-pyrrole nitrogens is 1. The van der Waals surface area contributed by atoms with Crippen molar-refractivity contribution < 1.29 is 4.79 Å². The molecule has 0 radical (unpaired) electrons. The number of carbonyl (C=O) groups excluding carboxylic acids is 1. The van der Waals surface area contributed by atoms with Crippen LogP contribution in [0.5, 0.6) is 0 Å². The van der Waals surface area contributed by atoms with E-state index in [1.165, 1.54) is 17.3 Å². The number of nitrogens with zero attached hydrogens (tertiary/aromatic N) is 2. The number of aryl methyl sites for hydroxylation is 1. The van der Waals surface area contributed by atoms with E-state index < -0.39 is 0 Å². The van der Waals surface area contributed by atoms with Crippen LogP contribution in [0.15, 0.2) is 46.9 Å². The summed E-state index contributed by atoms with van der Waals surface area (Å²) in [4.78, 5) is 18.0. The van der Waals surface area contributed by atoms with Gasteiger partial charge in [0.25, 0.3) is 0 Å². The summed E-state index contributed by atoms with van der Waals surface area (Å²) >= 11 is 2.98. The molecule has 0 aliphatic carbocycles. The average molecular weight is 343 g/mol. The number of benzene rings is 1. The van der Waals surface area contributed by atoms with Crippen molar-refractivity contribution in [2.75, 3.05) is 0 Å². The zero-order valence-corrected chi connectivity index (χ0v) is 14.6. The number of rotatable bonds is 6. The zero-order valence-electron chi connectivity index (χ0n) is 12.9. The topological polar surface area (TPSA) is 58.6 Å². The van der Waals surface area contributed by atoms with Gasteiger partial charge in [0.05, 0.1) is 10.1 Å². The van der Waals surface area contributed by atoms with Crippen LogP contribution in [0.2, 0.25) is 0 Å². The summed E-state index contributed by atoms with van der Waals surface area (Å²) < 4.78 is 0. The molecule has 1 aromatic carbocycles. The van der Waals surface area contributed by atoms with Crippen LogP contribution in [0, 0.1) is 0 Å². The van der Waals surface area contributed by atoms with Crippen LogP contribution in [0.25, 0.3) is 10.7 Å². The quantitative estimate of drug-likeness (QED) is 0.530. The van der Waals surface area contributed by atoms with Crippen LogP contribution < -0.4 is 0 Å². The van der Waals surface area contributed by atoms with E-state index in [9.17, 15) is 4.79 Å². The molecule has 4 nitrogen and oxygen atoms in total. The fraction of sp³-hybridized carbons (Fsp3) is 0.235. The first kappa shape index (κ1) is 16.0. The lowest BCUT2D eigenvalue weighted by atomic mass is 10.1. The Labute approximate surface area is 143 Å². The Morgan fingerprint density at radius 2 is 2.09 bits per heavy atom. The summed E-state index contributed by atoms with van der Waals surface area (Å²) in [5.41, 5.74) is 1.97. The normalized spacial score (nSPS) is 12.3. The highest BCUT2D eigenvalue weighted by atomic mass is 32.2. The molecule has 2 aromatic heterocycles. The SMILES string of the molecule is CCc1ccc(C(=O)[C@H](C)Sc2n[nH]c(-c3cccs3)n2)cc1. The molecule has 0 fully saturated rings. The number of carbonyl (C=O) groups is 1. The molecule has 1 atom stereocenters. The molecule has 1 N–H and O–H groups in total. The molecule has 0 unspecified atom stereocenters. The average Bonchev–Trinajstić information content (AvgIpc) is 3.25. The van der Waals surface area contributed by atoms with E-state index in [-0.39, 0.29) is 11.0 Å². The minimum absolute atomic E-state index is 0.0973. The summed E-state index contributed by atoms with van der Waals surface area (Å²) in [5.74, 6) is 0.842. The molecule has 3 rings (SSSR count). The minimum atomic E-state index is -0.227. The van der Waals surface area contributed by atoms with Gasteiger partial charge < -0.3 is 0 Å². The van der Waals surface area contributed by atoms with Crippen molar-refractivity contribution in [1.29, 1.82) is 0 Å². The molecule has 0 bridgehead atoms. The number of Topliss-reactive ketones (excluding diaryl/α,β-unsaturated/α-hetero) is 1. The third kappa shape index (κ3) is 3.71. The standard InChI is InChI=1S/C17H17N3OS2/c1-3-12-6-8-13(9-7-12)15(21)11(2)23-17-18-16(19-20-17)14-5-4-10-22-14/h4-11H,3H2,1-2H3,(H,18,19,20)/t11-/m0/s1. The summed E-state index contributed by atoms with van der Waals surface area (Å²) in [6, 6.07) is 11.8. The highest BCUT2D eigenvalue weighted by molar-refractivity contribution is 8.00. The predicted molar refractivity (Wildman–Crippen MR) is 95.2 cm³/mol. The molecular formula is C17H17N3OS2. The highest BCUT2D eigenvalue weighted by Gasteiger charge is 2.19. The zero-order chi connectivity index (χ0) is 16.2. The number of hydrogen-bond donors (Lipinski definition) is 1. The maximum atomic E-state index is 12.5. The Hall–Kier alpha value is -1.92. The lowest BCUT2D eigenvalue weighted by Crippen LogP contribution is -2.13. The molecule has 0 saturated carbocycles. The fourth-order valence-electron chi connectivity index (χ4n) is 2.17. The third-order valence-corrected chi connectivity index (χ3v) is 5.36.